The SMILES string of the molecule is CC(C)CC(CO)NC(=O)Cc1cc(-c2ccccc2)on1. The minimum Gasteiger partial charge on any atom is -0.394 e. The maximum Gasteiger partial charge on any atom is 0.226 e. The number of rotatable bonds is 7. The Morgan fingerprint density at radius 3 is 2.68 bits per heavy atom. The van der Waals surface area contributed by atoms with Gasteiger partial charge in [-0.15, -0.1) is 0 Å². The summed E-state index contributed by atoms with van der Waals surface area (Å²) in [6.45, 7) is 4.05. The molecular formula is C17H22N2O3. The lowest BCUT2D eigenvalue weighted by Gasteiger charge is -2.17. The summed E-state index contributed by atoms with van der Waals surface area (Å²) >= 11 is 0. The number of carbonyl (C=O) groups is 1. The monoisotopic (exact) mass is 302 g/mol. The first-order valence-electron chi connectivity index (χ1n) is 7.49. The smallest absolute Gasteiger partial charge is 0.226 e. The third-order valence-corrected chi connectivity index (χ3v) is 3.30. The van der Waals surface area contributed by atoms with Gasteiger partial charge in [0.05, 0.1) is 24.8 Å². The van der Waals surface area contributed by atoms with Crippen molar-refractivity contribution in [3.05, 3.63) is 42.1 Å². The van der Waals surface area contributed by atoms with Gasteiger partial charge in [0.15, 0.2) is 5.76 Å². The first-order chi connectivity index (χ1) is 10.6. The van der Waals surface area contributed by atoms with Crippen molar-refractivity contribution in [3.63, 3.8) is 0 Å². The molecule has 22 heavy (non-hydrogen) atoms. The van der Waals surface area contributed by atoms with Crippen LogP contribution in [0.2, 0.25) is 0 Å². The highest BCUT2D eigenvalue weighted by Gasteiger charge is 2.15. The third-order valence-electron chi connectivity index (χ3n) is 3.30. The van der Waals surface area contributed by atoms with E-state index >= 15 is 0 Å². The molecule has 5 nitrogen and oxygen atoms in total. The highest BCUT2D eigenvalue weighted by Crippen LogP contribution is 2.19. The molecule has 0 saturated heterocycles. The van der Waals surface area contributed by atoms with E-state index in [9.17, 15) is 9.90 Å². The number of hydrogen-bond acceptors (Lipinski definition) is 4. The molecule has 5 heteroatoms. The molecule has 0 aliphatic heterocycles. The predicted octanol–water partition coefficient (Wildman–Crippen LogP) is 2.41. The van der Waals surface area contributed by atoms with Gasteiger partial charge in [0.25, 0.3) is 0 Å². The second kappa shape index (κ2) is 7.75. The average molecular weight is 302 g/mol. The van der Waals surface area contributed by atoms with Crippen LogP contribution in [-0.2, 0) is 11.2 Å². The van der Waals surface area contributed by atoms with E-state index in [0.29, 0.717) is 17.4 Å². The van der Waals surface area contributed by atoms with Crippen LogP contribution in [-0.4, -0.2) is 28.8 Å². The number of benzene rings is 1. The molecule has 0 bridgehead atoms. The molecule has 2 rings (SSSR count). The topological polar surface area (TPSA) is 75.4 Å². The Bertz CT molecular complexity index is 593. The van der Waals surface area contributed by atoms with Gasteiger partial charge in [-0.05, 0) is 12.3 Å². The van der Waals surface area contributed by atoms with Crippen LogP contribution < -0.4 is 5.32 Å². The summed E-state index contributed by atoms with van der Waals surface area (Å²) in [7, 11) is 0. The van der Waals surface area contributed by atoms with Crippen molar-refractivity contribution in [2.24, 2.45) is 5.92 Å². The van der Waals surface area contributed by atoms with Crippen molar-refractivity contribution < 1.29 is 14.4 Å². The summed E-state index contributed by atoms with van der Waals surface area (Å²) in [5, 5.41) is 16.0. The molecule has 1 aromatic heterocycles. The summed E-state index contributed by atoms with van der Waals surface area (Å²) < 4.78 is 5.27. The van der Waals surface area contributed by atoms with Gasteiger partial charge < -0.3 is 14.9 Å². The Morgan fingerprint density at radius 1 is 1.32 bits per heavy atom. The molecule has 0 fully saturated rings. The Morgan fingerprint density at radius 2 is 2.05 bits per heavy atom. The van der Waals surface area contributed by atoms with E-state index < -0.39 is 0 Å². The Kier molecular flexibility index (Phi) is 5.72. The Balaban J connectivity index is 1.94. The van der Waals surface area contributed by atoms with Crippen LogP contribution in [0.25, 0.3) is 11.3 Å². The molecule has 1 aromatic carbocycles. The van der Waals surface area contributed by atoms with E-state index in [1.54, 1.807) is 6.07 Å². The minimum absolute atomic E-state index is 0.0575. The molecule has 1 unspecified atom stereocenters. The molecule has 0 spiro atoms. The van der Waals surface area contributed by atoms with E-state index in [0.717, 1.165) is 12.0 Å². The molecule has 1 amide bonds. The fourth-order valence-corrected chi connectivity index (χ4v) is 2.32. The van der Waals surface area contributed by atoms with Gasteiger partial charge in [0, 0.05) is 11.6 Å². The van der Waals surface area contributed by atoms with Gasteiger partial charge in [-0.3, -0.25) is 4.79 Å². The van der Waals surface area contributed by atoms with E-state index in [2.05, 4.69) is 24.3 Å². The second-order valence-electron chi connectivity index (χ2n) is 5.80. The number of aliphatic hydroxyl groups is 1. The first kappa shape index (κ1) is 16.2. The molecule has 118 valence electrons. The van der Waals surface area contributed by atoms with E-state index in [4.69, 9.17) is 4.52 Å². The fourth-order valence-electron chi connectivity index (χ4n) is 2.32. The summed E-state index contributed by atoms with van der Waals surface area (Å²) in [5.41, 5.74) is 1.51. The molecule has 2 N–H and O–H groups in total. The van der Waals surface area contributed by atoms with Crippen molar-refractivity contribution in [3.8, 4) is 11.3 Å². The molecule has 0 radical (unpaired) electrons. The fraction of sp³-hybridized carbons (Fsp3) is 0.412. The number of hydrogen-bond donors (Lipinski definition) is 2. The van der Waals surface area contributed by atoms with Crippen LogP contribution in [0.5, 0.6) is 0 Å². The number of aromatic nitrogens is 1. The summed E-state index contributed by atoms with van der Waals surface area (Å²) in [5.74, 6) is 0.895. The van der Waals surface area contributed by atoms with Crippen molar-refractivity contribution in [1.29, 1.82) is 0 Å². The average Bonchev–Trinajstić information content (AvgIpc) is 2.95. The quantitative estimate of drug-likeness (QED) is 0.823. The van der Waals surface area contributed by atoms with Crippen molar-refractivity contribution in [1.82, 2.24) is 10.5 Å². The highest BCUT2D eigenvalue weighted by molar-refractivity contribution is 5.78. The van der Waals surface area contributed by atoms with Gasteiger partial charge in [0.2, 0.25) is 5.91 Å². The zero-order chi connectivity index (χ0) is 15.9. The number of aliphatic hydroxyl groups excluding tert-OH is 1. The third kappa shape index (κ3) is 4.70. The van der Waals surface area contributed by atoms with Crippen LogP contribution in [0.15, 0.2) is 40.9 Å². The lowest BCUT2D eigenvalue weighted by atomic mass is 10.0. The normalized spacial score (nSPS) is 12.4. The molecule has 0 saturated carbocycles. The number of nitrogens with zero attached hydrogens (tertiary/aromatic N) is 1. The number of amides is 1. The van der Waals surface area contributed by atoms with Gasteiger partial charge in [-0.2, -0.15) is 0 Å². The molecular weight excluding hydrogens is 280 g/mol. The molecule has 1 heterocycles. The zero-order valence-corrected chi connectivity index (χ0v) is 13.0. The predicted molar refractivity (Wildman–Crippen MR) is 84.1 cm³/mol. The van der Waals surface area contributed by atoms with Gasteiger partial charge >= 0.3 is 0 Å². The molecule has 1 atom stereocenters. The van der Waals surface area contributed by atoms with E-state index in [-0.39, 0.29) is 25.0 Å². The van der Waals surface area contributed by atoms with Crippen LogP contribution in [0.4, 0.5) is 0 Å². The maximum absolute atomic E-state index is 12.0. The zero-order valence-electron chi connectivity index (χ0n) is 13.0. The minimum atomic E-state index is -0.215. The lowest BCUT2D eigenvalue weighted by Crippen LogP contribution is -2.39. The van der Waals surface area contributed by atoms with Crippen molar-refractivity contribution in [2.45, 2.75) is 32.7 Å². The Labute approximate surface area is 130 Å². The van der Waals surface area contributed by atoms with Crippen LogP contribution >= 0.6 is 0 Å². The van der Waals surface area contributed by atoms with Gasteiger partial charge in [0.1, 0.15) is 0 Å². The van der Waals surface area contributed by atoms with Crippen LogP contribution in [0.1, 0.15) is 26.0 Å². The molecule has 0 aliphatic carbocycles. The van der Waals surface area contributed by atoms with Crippen LogP contribution in [0, 0.1) is 5.92 Å². The maximum atomic E-state index is 12.0. The standard InChI is InChI=1S/C17H22N2O3/c1-12(2)8-15(11-20)18-17(21)10-14-9-16(22-19-14)13-6-4-3-5-7-13/h3-7,9,12,15,20H,8,10-11H2,1-2H3,(H,18,21). The van der Waals surface area contributed by atoms with E-state index in [1.165, 1.54) is 0 Å². The first-order valence-corrected chi connectivity index (χ1v) is 7.49. The van der Waals surface area contributed by atoms with Crippen molar-refractivity contribution >= 4 is 5.91 Å². The summed E-state index contributed by atoms with van der Waals surface area (Å²) in [4.78, 5) is 12.0. The summed E-state index contributed by atoms with van der Waals surface area (Å²) in [6.07, 6.45) is 0.890. The summed E-state index contributed by atoms with van der Waals surface area (Å²) in [6, 6.07) is 11.2. The Hall–Kier alpha value is -2.14. The van der Waals surface area contributed by atoms with Gasteiger partial charge in [-0.25, -0.2) is 0 Å². The van der Waals surface area contributed by atoms with E-state index in [1.807, 2.05) is 30.3 Å². The molecule has 2 aromatic rings. The lowest BCUT2D eigenvalue weighted by molar-refractivity contribution is -0.121. The largest absolute Gasteiger partial charge is 0.394 e. The second-order valence-corrected chi connectivity index (χ2v) is 5.80. The number of nitrogens with one attached hydrogen (secondary N) is 1. The van der Waals surface area contributed by atoms with Gasteiger partial charge in [-0.1, -0.05) is 49.3 Å². The highest BCUT2D eigenvalue weighted by atomic mass is 16.5. The van der Waals surface area contributed by atoms with Crippen molar-refractivity contribution in [2.75, 3.05) is 6.61 Å². The van der Waals surface area contributed by atoms with Crippen LogP contribution in [0.3, 0.4) is 0 Å². The molecule has 0 aliphatic rings. The number of carbonyl (C=O) groups excluding carboxylic acids is 1.